The van der Waals surface area contributed by atoms with E-state index in [9.17, 15) is 9.59 Å². The minimum Gasteiger partial charge on any atom is -0.467 e. The van der Waals surface area contributed by atoms with Crippen molar-refractivity contribution in [1.29, 1.82) is 0 Å². The minimum absolute atomic E-state index is 0.0475. The molecule has 8 heteroatoms. The number of carbonyl (C=O) groups is 2. The second-order valence-corrected chi connectivity index (χ2v) is 7.04. The van der Waals surface area contributed by atoms with Gasteiger partial charge in [-0.3, -0.25) is 9.59 Å². The third kappa shape index (κ3) is 3.40. The zero-order chi connectivity index (χ0) is 19.8. The molecule has 2 amide bonds. The Bertz CT molecular complexity index is 1160. The fourth-order valence-electron chi connectivity index (χ4n) is 3.55. The number of furan rings is 2. The molecule has 5 rings (SSSR count). The summed E-state index contributed by atoms with van der Waals surface area (Å²) in [5, 5.41) is 2.91. The van der Waals surface area contributed by atoms with Crippen molar-refractivity contribution in [3.63, 3.8) is 0 Å². The maximum absolute atomic E-state index is 12.7. The zero-order valence-electron chi connectivity index (χ0n) is 15.4. The predicted octanol–water partition coefficient (Wildman–Crippen LogP) is 3.40. The largest absolute Gasteiger partial charge is 0.467 e. The number of carbonyl (C=O) groups excluding carboxylic acids is 2. The highest BCUT2D eigenvalue weighted by Crippen LogP contribution is 2.25. The van der Waals surface area contributed by atoms with E-state index in [0.717, 1.165) is 11.0 Å². The Balaban J connectivity index is 1.28. The molecule has 0 radical (unpaired) electrons. The second-order valence-electron chi connectivity index (χ2n) is 7.04. The van der Waals surface area contributed by atoms with Gasteiger partial charge < -0.3 is 24.0 Å². The highest BCUT2D eigenvalue weighted by Gasteiger charge is 2.34. The summed E-state index contributed by atoms with van der Waals surface area (Å²) in [5.74, 6) is 1.36. The highest BCUT2D eigenvalue weighted by molar-refractivity contribution is 5.98. The molecule has 0 bridgehead atoms. The first kappa shape index (κ1) is 17.3. The number of fused-ring (bicyclic) bond motifs is 1. The van der Waals surface area contributed by atoms with Crippen LogP contribution in [0.3, 0.4) is 0 Å². The third-order valence-electron chi connectivity index (χ3n) is 5.02. The van der Waals surface area contributed by atoms with Crippen LogP contribution in [0.25, 0.3) is 22.6 Å². The van der Waals surface area contributed by atoms with E-state index in [-0.39, 0.29) is 18.2 Å². The van der Waals surface area contributed by atoms with Crippen LogP contribution in [-0.2, 0) is 16.1 Å². The van der Waals surface area contributed by atoms with Crippen LogP contribution in [0.15, 0.2) is 63.8 Å². The van der Waals surface area contributed by atoms with Crippen molar-refractivity contribution in [1.82, 2.24) is 14.9 Å². The first-order valence-electron chi connectivity index (χ1n) is 9.30. The molecular formula is C21H18N4O4. The van der Waals surface area contributed by atoms with Crippen molar-refractivity contribution in [2.75, 3.05) is 11.9 Å². The standard InChI is InChI=1S/C21H18N4O4/c26-19-9-13(11-25(19)12-15-3-1-7-28-15)21(27)22-14-5-6-16-17(10-14)24-20(23-16)18-4-2-8-29-18/h1-8,10,13H,9,11-12H2,(H,22,27)(H,23,24)/t13-/m1/s1. The molecule has 1 aliphatic rings. The summed E-state index contributed by atoms with van der Waals surface area (Å²) in [7, 11) is 0. The van der Waals surface area contributed by atoms with Gasteiger partial charge in [0.1, 0.15) is 5.76 Å². The van der Waals surface area contributed by atoms with Crippen molar-refractivity contribution in [2.45, 2.75) is 13.0 Å². The summed E-state index contributed by atoms with van der Waals surface area (Å²) >= 11 is 0. The van der Waals surface area contributed by atoms with Crippen molar-refractivity contribution in [2.24, 2.45) is 5.92 Å². The fraction of sp³-hybridized carbons (Fsp3) is 0.190. The lowest BCUT2D eigenvalue weighted by atomic mass is 10.1. The molecule has 4 aromatic rings. The number of amides is 2. The second kappa shape index (κ2) is 6.97. The summed E-state index contributed by atoms with van der Waals surface area (Å²) in [5.41, 5.74) is 2.21. The maximum atomic E-state index is 12.7. The number of anilines is 1. The number of H-pyrrole nitrogens is 1. The van der Waals surface area contributed by atoms with Gasteiger partial charge in [0.2, 0.25) is 11.8 Å². The fourth-order valence-corrected chi connectivity index (χ4v) is 3.55. The average molecular weight is 390 g/mol. The van der Waals surface area contributed by atoms with Gasteiger partial charge in [-0.15, -0.1) is 0 Å². The van der Waals surface area contributed by atoms with Gasteiger partial charge >= 0.3 is 0 Å². The van der Waals surface area contributed by atoms with E-state index in [1.54, 1.807) is 35.6 Å². The number of nitrogens with zero attached hydrogens (tertiary/aromatic N) is 2. The number of hydrogen-bond donors (Lipinski definition) is 2. The molecule has 0 aliphatic carbocycles. The van der Waals surface area contributed by atoms with Crippen molar-refractivity contribution < 1.29 is 18.4 Å². The number of hydrogen-bond acceptors (Lipinski definition) is 5. The van der Waals surface area contributed by atoms with Crippen molar-refractivity contribution >= 4 is 28.5 Å². The summed E-state index contributed by atoms with van der Waals surface area (Å²) in [4.78, 5) is 34.2. The first-order valence-corrected chi connectivity index (χ1v) is 9.30. The topological polar surface area (TPSA) is 104 Å². The van der Waals surface area contributed by atoms with Crippen LogP contribution in [0.1, 0.15) is 12.2 Å². The average Bonchev–Trinajstić information content (AvgIpc) is 3.50. The molecular weight excluding hydrogens is 372 g/mol. The molecule has 0 spiro atoms. The Morgan fingerprint density at radius 2 is 2.07 bits per heavy atom. The van der Waals surface area contributed by atoms with Crippen molar-refractivity contribution in [3.05, 3.63) is 60.8 Å². The zero-order valence-corrected chi connectivity index (χ0v) is 15.4. The van der Waals surface area contributed by atoms with Gasteiger partial charge in [-0.25, -0.2) is 4.98 Å². The lowest BCUT2D eigenvalue weighted by molar-refractivity contribution is -0.128. The van der Waals surface area contributed by atoms with E-state index in [1.165, 1.54) is 0 Å². The van der Waals surface area contributed by atoms with E-state index in [0.29, 0.717) is 36.1 Å². The molecule has 1 fully saturated rings. The minimum atomic E-state index is -0.395. The molecule has 1 saturated heterocycles. The van der Waals surface area contributed by atoms with Crippen LogP contribution in [0.2, 0.25) is 0 Å². The summed E-state index contributed by atoms with van der Waals surface area (Å²) in [6.45, 7) is 0.756. The molecule has 3 aromatic heterocycles. The highest BCUT2D eigenvalue weighted by atomic mass is 16.3. The molecule has 8 nitrogen and oxygen atoms in total. The molecule has 0 unspecified atom stereocenters. The SMILES string of the molecule is O=C(Nc1ccc2nc(-c3ccco3)[nH]c2c1)[C@@H]1CC(=O)N(Cc2ccco2)C1. The Hall–Kier alpha value is -3.81. The number of benzene rings is 1. The Morgan fingerprint density at radius 1 is 1.21 bits per heavy atom. The van der Waals surface area contributed by atoms with E-state index < -0.39 is 5.92 Å². The van der Waals surface area contributed by atoms with Gasteiger partial charge in [-0.1, -0.05) is 0 Å². The van der Waals surface area contributed by atoms with E-state index in [2.05, 4.69) is 15.3 Å². The molecule has 29 heavy (non-hydrogen) atoms. The summed E-state index contributed by atoms with van der Waals surface area (Å²) in [6.07, 6.45) is 3.36. The van der Waals surface area contributed by atoms with Crippen LogP contribution >= 0.6 is 0 Å². The summed E-state index contributed by atoms with van der Waals surface area (Å²) in [6, 6.07) is 12.7. The lowest BCUT2D eigenvalue weighted by Crippen LogP contribution is -2.27. The number of nitrogens with one attached hydrogen (secondary N) is 2. The van der Waals surface area contributed by atoms with Crippen molar-refractivity contribution in [3.8, 4) is 11.6 Å². The van der Waals surface area contributed by atoms with Gasteiger partial charge in [0, 0.05) is 18.7 Å². The lowest BCUT2D eigenvalue weighted by Gasteiger charge is -2.15. The predicted molar refractivity (Wildman–Crippen MR) is 105 cm³/mol. The molecule has 0 saturated carbocycles. The van der Waals surface area contributed by atoms with Crippen LogP contribution < -0.4 is 5.32 Å². The molecule has 2 N–H and O–H groups in total. The normalized spacial score (nSPS) is 16.6. The Morgan fingerprint density at radius 3 is 2.86 bits per heavy atom. The Kier molecular flexibility index (Phi) is 4.16. The van der Waals surface area contributed by atoms with E-state index in [1.807, 2.05) is 24.3 Å². The monoisotopic (exact) mass is 390 g/mol. The third-order valence-corrected chi connectivity index (χ3v) is 5.02. The number of rotatable bonds is 5. The van der Waals surface area contributed by atoms with Crippen LogP contribution in [-0.4, -0.2) is 33.2 Å². The smallest absolute Gasteiger partial charge is 0.229 e. The van der Waals surface area contributed by atoms with Gasteiger partial charge in [0.25, 0.3) is 0 Å². The van der Waals surface area contributed by atoms with Gasteiger partial charge in [-0.2, -0.15) is 0 Å². The summed E-state index contributed by atoms with van der Waals surface area (Å²) < 4.78 is 10.7. The molecule has 1 aromatic carbocycles. The quantitative estimate of drug-likeness (QED) is 0.543. The van der Waals surface area contributed by atoms with Gasteiger partial charge in [-0.05, 0) is 42.5 Å². The number of imidazole rings is 1. The number of likely N-dealkylation sites (tertiary alicyclic amines) is 1. The Labute approximate surface area is 165 Å². The number of aromatic amines is 1. The first-order chi connectivity index (χ1) is 14.2. The van der Waals surface area contributed by atoms with Crippen LogP contribution in [0.4, 0.5) is 5.69 Å². The maximum Gasteiger partial charge on any atom is 0.229 e. The van der Waals surface area contributed by atoms with Gasteiger partial charge in [0.15, 0.2) is 11.6 Å². The van der Waals surface area contributed by atoms with Gasteiger partial charge in [0.05, 0.1) is 36.0 Å². The molecule has 146 valence electrons. The molecule has 1 aliphatic heterocycles. The van der Waals surface area contributed by atoms with Crippen LogP contribution in [0.5, 0.6) is 0 Å². The van der Waals surface area contributed by atoms with E-state index >= 15 is 0 Å². The van der Waals surface area contributed by atoms with Crippen LogP contribution in [0, 0.1) is 5.92 Å². The molecule has 4 heterocycles. The molecule has 1 atom stereocenters. The number of aromatic nitrogens is 2. The van der Waals surface area contributed by atoms with E-state index in [4.69, 9.17) is 8.83 Å².